The number of hydrogen-bond donors (Lipinski definition) is 1. The van der Waals surface area contributed by atoms with Gasteiger partial charge in [0.05, 0.1) is 20.3 Å². The number of morpholine rings is 1. The van der Waals surface area contributed by atoms with Gasteiger partial charge in [-0.05, 0) is 43.0 Å². The maximum Gasteiger partial charge on any atom is 0.226 e. The summed E-state index contributed by atoms with van der Waals surface area (Å²) in [6, 6.07) is 6.11. The van der Waals surface area contributed by atoms with Gasteiger partial charge in [0, 0.05) is 35.6 Å². The van der Waals surface area contributed by atoms with E-state index in [9.17, 15) is 4.79 Å². The fourth-order valence-corrected chi connectivity index (χ4v) is 3.78. The van der Waals surface area contributed by atoms with Crippen LogP contribution in [0.4, 0.5) is 0 Å². The molecule has 1 amide bonds. The molecule has 1 saturated heterocycles. The zero-order chi connectivity index (χ0) is 15.8. The number of aryl methyl sites for hydroxylation is 1. The van der Waals surface area contributed by atoms with Crippen LogP contribution < -0.4 is 4.74 Å². The number of amides is 1. The lowest BCUT2D eigenvalue weighted by Crippen LogP contribution is -2.44. The maximum atomic E-state index is 12.8. The first kappa shape index (κ1) is 14.6. The van der Waals surface area contributed by atoms with Gasteiger partial charge in [0.2, 0.25) is 5.91 Å². The number of aromatic amines is 1. The Morgan fingerprint density at radius 2 is 2.17 bits per heavy atom. The molecule has 0 saturated carbocycles. The van der Waals surface area contributed by atoms with Crippen LogP contribution in [-0.2, 0) is 22.4 Å². The number of hydrogen-bond acceptors (Lipinski definition) is 3. The predicted molar refractivity (Wildman–Crippen MR) is 87.8 cm³/mol. The topological polar surface area (TPSA) is 54.6 Å². The lowest BCUT2D eigenvalue weighted by molar-refractivity contribution is -0.140. The monoisotopic (exact) mass is 314 g/mol. The summed E-state index contributed by atoms with van der Waals surface area (Å²) >= 11 is 0. The van der Waals surface area contributed by atoms with Gasteiger partial charge in [-0.25, -0.2) is 0 Å². The molecular weight excluding hydrogens is 292 g/mol. The number of nitrogens with one attached hydrogen (secondary N) is 1. The highest BCUT2D eigenvalue weighted by Gasteiger charge is 2.31. The van der Waals surface area contributed by atoms with Gasteiger partial charge in [0.15, 0.2) is 0 Å². The second-order valence-electron chi connectivity index (χ2n) is 6.37. The maximum absolute atomic E-state index is 12.8. The molecule has 0 radical (unpaired) electrons. The van der Waals surface area contributed by atoms with Crippen molar-refractivity contribution in [3.63, 3.8) is 0 Å². The summed E-state index contributed by atoms with van der Waals surface area (Å²) in [7, 11) is 1.69. The minimum atomic E-state index is 0.0887. The van der Waals surface area contributed by atoms with Crippen LogP contribution in [0.25, 0.3) is 10.9 Å². The van der Waals surface area contributed by atoms with Crippen molar-refractivity contribution in [1.29, 1.82) is 0 Å². The lowest BCUT2D eigenvalue weighted by Gasteiger charge is -2.32. The quantitative estimate of drug-likeness (QED) is 0.924. The van der Waals surface area contributed by atoms with Crippen LogP contribution in [-0.4, -0.2) is 49.2 Å². The molecule has 1 N–H and O–H groups in total. The molecular formula is C18H22N2O3. The highest BCUT2D eigenvalue weighted by atomic mass is 16.5. The average molecular weight is 314 g/mol. The Balaban J connectivity index is 1.61. The number of aromatic nitrogens is 1. The van der Waals surface area contributed by atoms with Crippen molar-refractivity contribution in [2.75, 3.05) is 33.4 Å². The van der Waals surface area contributed by atoms with Gasteiger partial charge in [-0.1, -0.05) is 0 Å². The van der Waals surface area contributed by atoms with Crippen molar-refractivity contribution < 1.29 is 14.3 Å². The molecule has 0 spiro atoms. The highest BCUT2D eigenvalue weighted by molar-refractivity contribution is 5.88. The summed E-state index contributed by atoms with van der Waals surface area (Å²) in [6.07, 6.45) is 2.68. The van der Waals surface area contributed by atoms with E-state index in [1.54, 1.807) is 7.11 Å². The van der Waals surface area contributed by atoms with Crippen molar-refractivity contribution in [2.24, 2.45) is 5.92 Å². The first-order valence-electron chi connectivity index (χ1n) is 8.30. The fourth-order valence-electron chi connectivity index (χ4n) is 3.78. The summed E-state index contributed by atoms with van der Waals surface area (Å²) in [4.78, 5) is 18.3. The zero-order valence-corrected chi connectivity index (χ0v) is 13.4. The molecule has 4 rings (SSSR count). The van der Waals surface area contributed by atoms with E-state index in [0.717, 1.165) is 43.6 Å². The van der Waals surface area contributed by atoms with Crippen LogP contribution in [0.5, 0.6) is 5.75 Å². The number of fused-ring (bicyclic) bond motifs is 3. The number of H-pyrrole nitrogens is 1. The number of ether oxygens (including phenoxy) is 2. The molecule has 0 bridgehead atoms. The summed E-state index contributed by atoms with van der Waals surface area (Å²) in [5.74, 6) is 1.24. The summed E-state index contributed by atoms with van der Waals surface area (Å²) < 4.78 is 10.7. The van der Waals surface area contributed by atoms with E-state index in [1.807, 2.05) is 11.0 Å². The average Bonchev–Trinajstić information content (AvgIpc) is 2.98. The minimum absolute atomic E-state index is 0.0887. The van der Waals surface area contributed by atoms with Gasteiger partial charge in [-0.15, -0.1) is 0 Å². The van der Waals surface area contributed by atoms with Gasteiger partial charge < -0.3 is 19.4 Å². The van der Waals surface area contributed by atoms with E-state index in [-0.39, 0.29) is 11.8 Å². The van der Waals surface area contributed by atoms with Gasteiger partial charge in [-0.3, -0.25) is 4.79 Å². The predicted octanol–water partition coefficient (Wildman–Crippen LogP) is 2.14. The summed E-state index contributed by atoms with van der Waals surface area (Å²) in [5.41, 5.74) is 3.70. The van der Waals surface area contributed by atoms with Crippen LogP contribution in [0.2, 0.25) is 0 Å². The number of carbonyl (C=O) groups is 1. The molecule has 1 aromatic heterocycles. The van der Waals surface area contributed by atoms with E-state index in [0.29, 0.717) is 13.2 Å². The van der Waals surface area contributed by atoms with Crippen LogP contribution in [0.1, 0.15) is 17.7 Å². The van der Waals surface area contributed by atoms with E-state index >= 15 is 0 Å². The molecule has 5 heteroatoms. The Bertz CT molecular complexity index is 731. The van der Waals surface area contributed by atoms with Crippen molar-refractivity contribution in [2.45, 2.75) is 19.3 Å². The fraction of sp³-hybridized carbons (Fsp3) is 0.500. The number of nitrogens with zero attached hydrogens (tertiary/aromatic N) is 1. The van der Waals surface area contributed by atoms with Gasteiger partial charge in [0.25, 0.3) is 0 Å². The Hall–Kier alpha value is -2.01. The molecule has 23 heavy (non-hydrogen) atoms. The highest BCUT2D eigenvalue weighted by Crippen LogP contribution is 2.34. The Morgan fingerprint density at radius 3 is 2.96 bits per heavy atom. The lowest BCUT2D eigenvalue weighted by atomic mass is 9.85. The standard InChI is InChI=1S/C18H22N2O3/c1-22-13-3-5-17-15(11-13)14-10-12(2-4-16(14)19-17)18(21)20-6-8-23-9-7-20/h3,5,11-12,19H,2,4,6-10H2,1H3. The van der Waals surface area contributed by atoms with Crippen LogP contribution in [0.3, 0.4) is 0 Å². The minimum Gasteiger partial charge on any atom is -0.497 e. The van der Waals surface area contributed by atoms with Gasteiger partial charge >= 0.3 is 0 Å². The Morgan fingerprint density at radius 1 is 1.35 bits per heavy atom. The third kappa shape index (κ3) is 2.59. The third-order valence-electron chi connectivity index (χ3n) is 5.07. The first-order valence-corrected chi connectivity index (χ1v) is 8.30. The van der Waals surface area contributed by atoms with Crippen molar-refractivity contribution in [3.8, 4) is 5.75 Å². The largest absolute Gasteiger partial charge is 0.497 e. The van der Waals surface area contributed by atoms with Crippen LogP contribution in [0, 0.1) is 5.92 Å². The number of methoxy groups -OCH3 is 1. The number of carbonyl (C=O) groups excluding carboxylic acids is 1. The second kappa shape index (κ2) is 5.89. The molecule has 5 nitrogen and oxygen atoms in total. The van der Waals surface area contributed by atoms with E-state index in [2.05, 4.69) is 17.1 Å². The Kier molecular flexibility index (Phi) is 3.73. The second-order valence-corrected chi connectivity index (χ2v) is 6.37. The third-order valence-corrected chi connectivity index (χ3v) is 5.07. The molecule has 1 aromatic carbocycles. The number of rotatable bonds is 2. The zero-order valence-electron chi connectivity index (χ0n) is 13.4. The molecule has 122 valence electrons. The van der Waals surface area contributed by atoms with Gasteiger partial charge in [0.1, 0.15) is 5.75 Å². The van der Waals surface area contributed by atoms with E-state index in [1.165, 1.54) is 16.6 Å². The van der Waals surface area contributed by atoms with E-state index < -0.39 is 0 Å². The molecule has 2 aliphatic rings. The van der Waals surface area contributed by atoms with Crippen molar-refractivity contribution in [3.05, 3.63) is 29.5 Å². The number of benzene rings is 1. The van der Waals surface area contributed by atoms with Crippen molar-refractivity contribution >= 4 is 16.8 Å². The normalized spacial score (nSPS) is 21.3. The summed E-state index contributed by atoms with van der Waals surface area (Å²) in [6.45, 7) is 2.77. The first-order chi connectivity index (χ1) is 11.3. The van der Waals surface area contributed by atoms with Gasteiger partial charge in [-0.2, -0.15) is 0 Å². The molecule has 2 aromatic rings. The Labute approximate surface area is 135 Å². The molecule has 1 aliphatic carbocycles. The molecule has 2 heterocycles. The van der Waals surface area contributed by atoms with Crippen molar-refractivity contribution in [1.82, 2.24) is 9.88 Å². The SMILES string of the molecule is COc1ccc2[nH]c3c(c2c1)CC(C(=O)N1CCOCC1)CC3. The molecule has 1 fully saturated rings. The summed E-state index contributed by atoms with van der Waals surface area (Å²) in [5, 5.41) is 1.19. The van der Waals surface area contributed by atoms with E-state index in [4.69, 9.17) is 9.47 Å². The molecule has 1 unspecified atom stereocenters. The van der Waals surface area contributed by atoms with Crippen LogP contribution >= 0.6 is 0 Å². The smallest absolute Gasteiger partial charge is 0.226 e. The van der Waals surface area contributed by atoms with Crippen LogP contribution in [0.15, 0.2) is 18.2 Å². The molecule has 1 atom stereocenters. The molecule has 1 aliphatic heterocycles.